The molecule has 2 aromatic heterocycles. The normalized spacial score (nSPS) is 14.3. The van der Waals surface area contributed by atoms with Crippen molar-refractivity contribution in [3.63, 3.8) is 0 Å². The summed E-state index contributed by atoms with van der Waals surface area (Å²) in [4.78, 5) is 0. The lowest BCUT2D eigenvalue weighted by atomic mass is 9.85. The standard InChI is InChI=1S/C44H26O2/c1-2-10-27(11-3-1)28-18-20-29(21-19-28)41-32-12-4-6-14-34(32)42(35-15-7-5-13-33(35)41)30-22-23-31-36-24-25-39-43(44(36)46-40(31)26-30)37-16-8-9-17-38(37)45-39/h1-26H/i4D,5D,6D,7D,12D,13D,14D,15D. The van der Waals surface area contributed by atoms with Crippen molar-refractivity contribution >= 4 is 65.4 Å². The first kappa shape index (κ1) is 18.6. The minimum Gasteiger partial charge on any atom is -0.456 e. The molecule has 0 atom stereocenters. The van der Waals surface area contributed by atoms with Crippen molar-refractivity contribution in [2.75, 3.05) is 0 Å². The molecule has 0 amide bonds. The van der Waals surface area contributed by atoms with Crippen molar-refractivity contribution in [1.82, 2.24) is 0 Å². The van der Waals surface area contributed by atoms with Crippen LogP contribution in [0.2, 0.25) is 0 Å². The Balaban J connectivity index is 1.34. The Morgan fingerprint density at radius 2 is 0.935 bits per heavy atom. The van der Waals surface area contributed by atoms with Crippen LogP contribution in [0.3, 0.4) is 0 Å². The van der Waals surface area contributed by atoms with Gasteiger partial charge in [-0.25, -0.2) is 0 Å². The lowest BCUT2D eigenvalue weighted by Crippen LogP contribution is -1.91. The molecule has 2 heterocycles. The first-order valence-corrected chi connectivity index (χ1v) is 15.0. The Hall–Kier alpha value is -6.12. The van der Waals surface area contributed by atoms with E-state index in [1.54, 1.807) is 6.07 Å². The minimum absolute atomic E-state index is 0.152. The second kappa shape index (κ2) is 9.69. The Labute approximate surface area is 276 Å². The third-order valence-corrected chi connectivity index (χ3v) is 8.92. The Bertz CT molecular complexity index is 3160. The van der Waals surface area contributed by atoms with E-state index in [0.717, 1.165) is 38.3 Å². The summed E-state index contributed by atoms with van der Waals surface area (Å²) < 4.78 is 84.8. The van der Waals surface area contributed by atoms with Gasteiger partial charge in [0.05, 0.1) is 16.4 Å². The molecule has 2 heteroatoms. The Morgan fingerprint density at radius 3 is 1.65 bits per heavy atom. The Kier molecular flexibility index (Phi) is 3.92. The third kappa shape index (κ3) is 3.65. The molecule has 0 N–H and O–H groups in total. The fourth-order valence-electron chi connectivity index (χ4n) is 6.86. The molecule has 214 valence electrons. The smallest absolute Gasteiger partial charge is 0.147 e. The fraction of sp³-hybridized carbons (Fsp3) is 0. The van der Waals surface area contributed by atoms with Crippen LogP contribution >= 0.6 is 0 Å². The van der Waals surface area contributed by atoms with E-state index in [1.165, 1.54) is 0 Å². The van der Waals surface area contributed by atoms with E-state index in [4.69, 9.17) is 14.3 Å². The number of hydrogen-bond donors (Lipinski definition) is 0. The highest BCUT2D eigenvalue weighted by Crippen LogP contribution is 2.46. The van der Waals surface area contributed by atoms with Crippen molar-refractivity contribution in [3.8, 4) is 33.4 Å². The third-order valence-electron chi connectivity index (χ3n) is 8.92. The summed E-state index contributed by atoms with van der Waals surface area (Å²) in [6, 6.07) is 31.4. The molecule has 8 aromatic carbocycles. The van der Waals surface area contributed by atoms with Gasteiger partial charge in [0.15, 0.2) is 0 Å². The van der Waals surface area contributed by atoms with Crippen LogP contribution in [0.15, 0.2) is 166 Å². The molecule has 0 saturated heterocycles. The average molecular weight is 595 g/mol. The summed E-state index contributed by atoms with van der Waals surface area (Å²) in [5.74, 6) is 0. The molecule has 10 aromatic rings. The van der Waals surface area contributed by atoms with Gasteiger partial charge in [-0.1, -0.05) is 127 Å². The van der Waals surface area contributed by atoms with Gasteiger partial charge in [0.25, 0.3) is 0 Å². The zero-order valence-corrected chi connectivity index (χ0v) is 24.2. The largest absolute Gasteiger partial charge is 0.456 e. The van der Waals surface area contributed by atoms with Crippen LogP contribution in [0.5, 0.6) is 0 Å². The molecule has 0 spiro atoms. The van der Waals surface area contributed by atoms with Crippen LogP contribution in [0.4, 0.5) is 0 Å². The number of furan rings is 2. The highest BCUT2D eigenvalue weighted by atomic mass is 16.3. The van der Waals surface area contributed by atoms with Crippen LogP contribution < -0.4 is 0 Å². The first-order valence-electron chi connectivity index (χ1n) is 19.0. The summed E-state index contributed by atoms with van der Waals surface area (Å²) in [5.41, 5.74) is 6.07. The highest BCUT2D eigenvalue weighted by molar-refractivity contribution is 6.24. The van der Waals surface area contributed by atoms with Gasteiger partial charge in [0, 0.05) is 16.2 Å². The molecule has 10 rings (SSSR count). The van der Waals surface area contributed by atoms with E-state index in [9.17, 15) is 5.48 Å². The van der Waals surface area contributed by atoms with Gasteiger partial charge in [-0.3, -0.25) is 0 Å². The van der Waals surface area contributed by atoms with E-state index in [-0.39, 0.29) is 51.3 Å². The van der Waals surface area contributed by atoms with E-state index < -0.39 is 24.2 Å². The molecule has 0 aliphatic rings. The van der Waals surface area contributed by atoms with Gasteiger partial charge in [-0.15, -0.1) is 0 Å². The molecule has 0 radical (unpaired) electrons. The van der Waals surface area contributed by atoms with Crippen LogP contribution in [-0.4, -0.2) is 0 Å². The van der Waals surface area contributed by atoms with Crippen LogP contribution in [0, 0.1) is 0 Å². The van der Waals surface area contributed by atoms with Crippen molar-refractivity contribution in [3.05, 3.63) is 158 Å². The first-order chi connectivity index (χ1) is 26.1. The van der Waals surface area contributed by atoms with E-state index in [2.05, 4.69) is 0 Å². The SMILES string of the molecule is [2H]c1c([2H])c([2H])c2c(-c3ccc4c(c3)oc3c4ccc4oc5ccccc5c43)c3c([2H])c([2H])c([2H])c([2H])c3c(-c3ccc(-c4ccccc4)cc3)c2c1[2H]. The van der Waals surface area contributed by atoms with Crippen LogP contribution in [0.1, 0.15) is 11.0 Å². The second-order valence-electron chi connectivity index (χ2n) is 11.4. The molecule has 2 nitrogen and oxygen atoms in total. The zero-order chi connectivity index (χ0) is 37.2. The van der Waals surface area contributed by atoms with E-state index in [1.807, 2.05) is 103 Å². The minimum atomic E-state index is -0.446. The lowest BCUT2D eigenvalue weighted by Gasteiger charge is -2.18. The predicted octanol–water partition coefficient (Wildman–Crippen LogP) is 12.8. The van der Waals surface area contributed by atoms with Gasteiger partial charge < -0.3 is 8.83 Å². The van der Waals surface area contributed by atoms with E-state index >= 15 is 0 Å². The average Bonchev–Trinajstić information content (AvgIpc) is 3.78. The summed E-state index contributed by atoms with van der Waals surface area (Å²) in [6.45, 7) is 0. The summed E-state index contributed by atoms with van der Waals surface area (Å²) in [6.07, 6.45) is 0. The van der Waals surface area contributed by atoms with Crippen LogP contribution in [0.25, 0.3) is 98.8 Å². The maximum Gasteiger partial charge on any atom is 0.147 e. The van der Waals surface area contributed by atoms with Gasteiger partial charge in [0.2, 0.25) is 0 Å². The summed E-state index contributed by atoms with van der Waals surface area (Å²) in [5, 5.41) is 4.06. The lowest BCUT2D eigenvalue weighted by molar-refractivity contribution is 0.663. The molecule has 46 heavy (non-hydrogen) atoms. The highest BCUT2D eigenvalue weighted by Gasteiger charge is 2.19. The molecule has 0 bridgehead atoms. The number of fused-ring (bicyclic) bond motifs is 9. The monoisotopic (exact) mass is 594 g/mol. The van der Waals surface area contributed by atoms with E-state index in [0.29, 0.717) is 33.4 Å². The Morgan fingerprint density at radius 1 is 0.370 bits per heavy atom. The van der Waals surface area contributed by atoms with Crippen molar-refractivity contribution in [1.29, 1.82) is 0 Å². The second-order valence-corrected chi connectivity index (χ2v) is 11.4. The van der Waals surface area contributed by atoms with Crippen molar-refractivity contribution in [2.24, 2.45) is 0 Å². The quantitative estimate of drug-likeness (QED) is 0.190. The molecular weight excluding hydrogens is 560 g/mol. The van der Waals surface area contributed by atoms with Crippen LogP contribution in [-0.2, 0) is 0 Å². The fourth-order valence-corrected chi connectivity index (χ4v) is 6.86. The number of benzene rings is 8. The summed E-state index contributed by atoms with van der Waals surface area (Å²) in [7, 11) is 0. The number of rotatable bonds is 3. The van der Waals surface area contributed by atoms with Crippen molar-refractivity contribution < 1.29 is 19.8 Å². The predicted molar refractivity (Wildman–Crippen MR) is 192 cm³/mol. The zero-order valence-electron chi connectivity index (χ0n) is 32.2. The molecule has 0 unspecified atom stereocenters. The molecular formula is C44H26O2. The summed E-state index contributed by atoms with van der Waals surface area (Å²) >= 11 is 0. The number of para-hydroxylation sites is 1. The molecule has 0 aliphatic heterocycles. The molecule has 0 aliphatic carbocycles. The van der Waals surface area contributed by atoms with Gasteiger partial charge in [-0.2, -0.15) is 0 Å². The number of hydrogen-bond acceptors (Lipinski definition) is 2. The maximum atomic E-state index is 9.30. The molecule has 0 fully saturated rings. The van der Waals surface area contributed by atoms with Gasteiger partial charge in [0.1, 0.15) is 22.3 Å². The maximum absolute atomic E-state index is 9.30. The topological polar surface area (TPSA) is 26.3 Å². The molecule has 0 saturated carbocycles. The van der Waals surface area contributed by atoms with Gasteiger partial charge >= 0.3 is 0 Å². The van der Waals surface area contributed by atoms with Gasteiger partial charge in [-0.05, 0) is 85.3 Å². The van der Waals surface area contributed by atoms with Crippen molar-refractivity contribution in [2.45, 2.75) is 0 Å².